The first-order valence-corrected chi connectivity index (χ1v) is 3.40. The van der Waals surface area contributed by atoms with Crippen LogP contribution in [0.15, 0.2) is 17.9 Å². The molecular formula is C9H14. The van der Waals surface area contributed by atoms with Crippen molar-refractivity contribution < 1.29 is 0 Å². The summed E-state index contributed by atoms with van der Waals surface area (Å²) in [7, 11) is 0. The molecule has 50 valence electrons. The van der Waals surface area contributed by atoms with Gasteiger partial charge in [-0.1, -0.05) is 27.7 Å². The molecule has 0 heteroatoms. The summed E-state index contributed by atoms with van der Waals surface area (Å²) in [6.45, 7) is 8.96. The Morgan fingerprint density at radius 2 is 1.22 bits per heavy atom. The van der Waals surface area contributed by atoms with Crippen molar-refractivity contribution in [2.24, 2.45) is 10.8 Å². The second kappa shape index (κ2) is 1.52. The summed E-state index contributed by atoms with van der Waals surface area (Å²) in [5.74, 6) is 0. The molecule has 0 amide bonds. The predicted octanol–water partition coefficient (Wildman–Crippen LogP) is 2.76. The summed E-state index contributed by atoms with van der Waals surface area (Å²) < 4.78 is 0. The lowest BCUT2D eigenvalue weighted by Crippen LogP contribution is -2.25. The van der Waals surface area contributed by atoms with Crippen LogP contribution in [0, 0.1) is 10.8 Å². The maximum atomic E-state index is 3.15. The highest BCUT2D eigenvalue weighted by Crippen LogP contribution is 2.43. The van der Waals surface area contributed by atoms with Crippen molar-refractivity contribution >= 4 is 0 Å². The van der Waals surface area contributed by atoms with Crippen molar-refractivity contribution in [2.45, 2.75) is 27.7 Å². The average molecular weight is 122 g/mol. The van der Waals surface area contributed by atoms with E-state index in [0.29, 0.717) is 10.8 Å². The highest BCUT2D eigenvalue weighted by atomic mass is 14.4. The zero-order valence-corrected chi connectivity index (χ0v) is 6.65. The molecule has 0 aliphatic heterocycles. The van der Waals surface area contributed by atoms with Gasteiger partial charge in [-0.25, -0.2) is 0 Å². The third-order valence-corrected chi connectivity index (χ3v) is 2.55. The van der Waals surface area contributed by atoms with Crippen LogP contribution < -0.4 is 0 Å². The largest absolute Gasteiger partial charge is 0.128 e. The molecule has 0 saturated heterocycles. The van der Waals surface area contributed by atoms with Gasteiger partial charge in [0.25, 0.3) is 0 Å². The third kappa shape index (κ3) is 0.840. The fourth-order valence-electron chi connectivity index (χ4n) is 0.830. The quantitative estimate of drug-likeness (QED) is 0.433. The Balaban J connectivity index is 2.95. The predicted molar refractivity (Wildman–Crippen MR) is 40.2 cm³/mol. The van der Waals surface area contributed by atoms with Crippen molar-refractivity contribution in [1.29, 1.82) is 0 Å². The molecule has 0 fully saturated rings. The molecule has 0 unspecified atom stereocenters. The molecule has 1 aliphatic rings. The van der Waals surface area contributed by atoms with Gasteiger partial charge in [0, 0.05) is 0 Å². The van der Waals surface area contributed by atoms with Crippen molar-refractivity contribution in [1.82, 2.24) is 0 Å². The Bertz CT molecular complexity index is 158. The van der Waals surface area contributed by atoms with E-state index in [9.17, 15) is 0 Å². The highest BCUT2D eigenvalue weighted by Gasteiger charge is 2.35. The topological polar surface area (TPSA) is 0 Å². The molecule has 0 atom stereocenters. The first-order valence-electron chi connectivity index (χ1n) is 3.40. The number of hydrogen-bond acceptors (Lipinski definition) is 0. The number of allylic oxidation sites excluding steroid dienone is 1. The van der Waals surface area contributed by atoms with Crippen molar-refractivity contribution in [3.63, 3.8) is 0 Å². The molecular weight excluding hydrogens is 108 g/mol. The summed E-state index contributed by atoms with van der Waals surface area (Å²) in [5, 5.41) is 0. The van der Waals surface area contributed by atoms with Crippen LogP contribution in [0.1, 0.15) is 27.7 Å². The second-order valence-electron chi connectivity index (χ2n) is 3.90. The molecule has 0 heterocycles. The van der Waals surface area contributed by atoms with Gasteiger partial charge in [0.2, 0.25) is 0 Å². The Morgan fingerprint density at radius 3 is 1.33 bits per heavy atom. The summed E-state index contributed by atoms with van der Waals surface area (Å²) in [5.41, 5.74) is 3.75. The van der Waals surface area contributed by atoms with E-state index in [0.717, 1.165) is 0 Å². The fourth-order valence-corrected chi connectivity index (χ4v) is 0.830. The zero-order chi connectivity index (χ0) is 7.12. The van der Waals surface area contributed by atoms with Gasteiger partial charge in [-0.2, -0.15) is 0 Å². The van der Waals surface area contributed by atoms with Gasteiger partial charge in [-0.05, 0) is 23.0 Å². The van der Waals surface area contributed by atoms with E-state index in [-0.39, 0.29) is 0 Å². The number of rotatable bonds is 0. The van der Waals surface area contributed by atoms with Crippen molar-refractivity contribution in [2.75, 3.05) is 0 Å². The minimum atomic E-state index is 0.299. The first kappa shape index (κ1) is 6.64. The van der Waals surface area contributed by atoms with Crippen LogP contribution in [-0.2, 0) is 0 Å². The van der Waals surface area contributed by atoms with Crippen molar-refractivity contribution in [3.8, 4) is 0 Å². The molecule has 0 saturated carbocycles. The smallest absolute Gasteiger partial charge is 0.000747 e. The fraction of sp³-hybridized carbons (Fsp3) is 0.667. The van der Waals surface area contributed by atoms with Gasteiger partial charge in [-0.3, -0.25) is 0 Å². The zero-order valence-electron chi connectivity index (χ0n) is 6.65. The molecule has 0 spiro atoms. The Kier molecular flexibility index (Phi) is 1.12. The minimum Gasteiger partial charge on any atom is -0.128 e. The monoisotopic (exact) mass is 122 g/mol. The maximum Gasteiger partial charge on any atom is -0.000747 e. The van der Waals surface area contributed by atoms with E-state index >= 15 is 0 Å². The molecule has 0 bridgehead atoms. The minimum absolute atomic E-state index is 0.299. The summed E-state index contributed by atoms with van der Waals surface area (Å²) in [4.78, 5) is 0. The molecule has 1 aliphatic carbocycles. The summed E-state index contributed by atoms with van der Waals surface area (Å²) in [6.07, 6.45) is 4.29. The van der Waals surface area contributed by atoms with Crippen LogP contribution in [-0.4, -0.2) is 0 Å². The molecule has 0 N–H and O–H groups in total. The molecule has 0 aromatic rings. The maximum absolute atomic E-state index is 3.15. The van der Waals surface area contributed by atoms with E-state index in [1.165, 1.54) is 0 Å². The lowest BCUT2D eigenvalue weighted by molar-refractivity contribution is 0.244. The lowest BCUT2D eigenvalue weighted by atomic mass is 9.71. The first-order chi connectivity index (χ1) is 3.96. The molecule has 1 rings (SSSR count). The van der Waals surface area contributed by atoms with Crippen LogP contribution in [0.2, 0.25) is 0 Å². The van der Waals surface area contributed by atoms with E-state index in [4.69, 9.17) is 0 Å². The highest BCUT2D eigenvalue weighted by molar-refractivity contribution is 5.16. The van der Waals surface area contributed by atoms with Gasteiger partial charge in [0.15, 0.2) is 0 Å². The molecule has 0 aromatic heterocycles. The van der Waals surface area contributed by atoms with Crippen LogP contribution >= 0.6 is 0 Å². The molecule has 0 nitrogen and oxygen atoms in total. The van der Waals surface area contributed by atoms with Gasteiger partial charge in [-0.15, -0.1) is 5.73 Å². The van der Waals surface area contributed by atoms with Crippen molar-refractivity contribution in [3.05, 3.63) is 17.9 Å². The molecule has 0 radical (unpaired) electrons. The van der Waals surface area contributed by atoms with Crippen LogP contribution in [0.25, 0.3) is 0 Å². The van der Waals surface area contributed by atoms with E-state index in [1.54, 1.807) is 0 Å². The molecule has 0 aromatic carbocycles. The number of hydrogen-bond donors (Lipinski definition) is 0. The van der Waals surface area contributed by atoms with Gasteiger partial charge in [0.05, 0.1) is 0 Å². The van der Waals surface area contributed by atoms with Crippen LogP contribution in [0.3, 0.4) is 0 Å². The summed E-state index contributed by atoms with van der Waals surface area (Å²) in [6, 6.07) is 0. The van der Waals surface area contributed by atoms with E-state index < -0.39 is 0 Å². The average Bonchev–Trinajstić information content (AvgIpc) is 1.81. The third-order valence-electron chi connectivity index (χ3n) is 2.55. The van der Waals surface area contributed by atoms with Crippen LogP contribution in [0.5, 0.6) is 0 Å². The van der Waals surface area contributed by atoms with E-state index in [1.807, 2.05) is 0 Å². The SMILES string of the molecule is CC1(C)C=C=CC1(C)C. The Hall–Kier alpha value is -0.480. The van der Waals surface area contributed by atoms with Gasteiger partial charge in [0.1, 0.15) is 0 Å². The normalized spacial score (nSPS) is 27.1. The van der Waals surface area contributed by atoms with E-state index in [2.05, 4.69) is 45.6 Å². The summed E-state index contributed by atoms with van der Waals surface area (Å²) >= 11 is 0. The lowest BCUT2D eigenvalue weighted by Gasteiger charge is -2.32. The Labute approximate surface area is 57.3 Å². The second-order valence-corrected chi connectivity index (χ2v) is 3.90. The Morgan fingerprint density at radius 1 is 0.889 bits per heavy atom. The molecule has 9 heavy (non-hydrogen) atoms. The van der Waals surface area contributed by atoms with Gasteiger partial charge >= 0.3 is 0 Å². The van der Waals surface area contributed by atoms with Crippen LogP contribution in [0.4, 0.5) is 0 Å². The standard InChI is InChI=1S/C9H14/c1-8(2)6-5-7-9(8,3)4/h6-7H,1-4H3. The van der Waals surface area contributed by atoms with Gasteiger partial charge < -0.3 is 0 Å².